The van der Waals surface area contributed by atoms with E-state index < -0.39 is 0 Å². The predicted molar refractivity (Wildman–Crippen MR) is 64.0 cm³/mol. The van der Waals surface area contributed by atoms with Gasteiger partial charge in [0.05, 0.1) is 5.69 Å². The van der Waals surface area contributed by atoms with Crippen molar-refractivity contribution in [3.63, 3.8) is 0 Å². The molecule has 1 heterocycles. The van der Waals surface area contributed by atoms with E-state index in [0.717, 1.165) is 18.8 Å². The summed E-state index contributed by atoms with van der Waals surface area (Å²) in [6.45, 7) is 8.59. The van der Waals surface area contributed by atoms with Gasteiger partial charge in [-0.2, -0.15) is 5.10 Å². The third-order valence-corrected chi connectivity index (χ3v) is 2.39. The lowest BCUT2D eigenvalue weighted by atomic mass is 10.2. The van der Waals surface area contributed by atoms with Crippen LogP contribution in [-0.4, -0.2) is 22.4 Å². The molecule has 0 saturated heterocycles. The zero-order valence-corrected chi connectivity index (χ0v) is 10.2. The first-order valence-corrected chi connectivity index (χ1v) is 5.92. The maximum atomic E-state index is 4.36. The Morgan fingerprint density at radius 3 is 2.73 bits per heavy atom. The Bertz CT molecular complexity index is 266. The van der Waals surface area contributed by atoms with Gasteiger partial charge in [-0.25, -0.2) is 0 Å². The predicted octanol–water partition coefficient (Wildman–Crippen LogP) is 2.36. The number of aryl methyl sites for hydroxylation is 2. The summed E-state index contributed by atoms with van der Waals surface area (Å²) in [5.74, 6) is 0. The quantitative estimate of drug-likeness (QED) is 0.699. The SMILES string of the molecule is Cc1ccn(CCCCCNC(C)C)n1. The molecular formula is C12H23N3. The third kappa shape index (κ3) is 5.57. The Morgan fingerprint density at radius 2 is 2.13 bits per heavy atom. The Balaban J connectivity index is 1.98. The van der Waals surface area contributed by atoms with Crippen molar-refractivity contribution in [2.24, 2.45) is 0 Å². The summed E-state index contributed by atoms with van der Waals surface area (Å²) in [7, 11) is 0. The van der Waals surface area contributed by atoms with Gasteiger partial charge in [0.25, 0.3) is 0 Å². The van der Waals surface area contributed by atoms with Crippen molar-refractivity contribution >= 4 is 0 Å². The van der Waals surface area contributed by atoms with E-state index in [-0.39, 0.29) is 0 Å². The van der Waals surface area contributed by atoms with E-state index in [1.165, 1.54) is 19.3 Å². The summed E-state index contributed by atoms with van der Waals surface area (Å²) in [6, 6.07) is 2.67. The van der Waals surface area contributed by atoms with Crippen LogP contribution >= 0.6 is 0 Å². The summed E-state index contributed by atoms with van der Waals surface area (Å²) >= 11 is 0. The topological polar surface area (TPSA) is 29.9 Å². The van der Waals surface area contributed by atoms with E-state index in [4.69, 9.17) is 0 Å². The van der Waals surface area contributed by atoms with E-state index >= 15 is 0 Å². The van der Waals surface area contributed by atoms with Crippen molar-refractivity contribution in [3.8, 4) is 0 Å². The lowest BCUT2D eigenvalue weighted by Gasteiger charge is -2.07. The van der Waals surface area contributed by atoms with Crippen molar-refractivity contribution < 1.29 is 0 Å². The summed E-state index contributed by atoms with van der Waals surface area (Å²) in [5.41, 5.74) is 1.11. The van der Waals surface area contributed by atoms with Crippen LogP contribution in [0.1, 0.15) is 38.8 Å². The maximum absolute atomic E-state index is 4.36. The van der Waals surface area contributed by atoms with Gasteiger partial charge >= 0.3 is 0 Å². The highest BCUT2D eigenvalue weighted by molar-refractivity contribution is 4.94. The average Bonchev–Trinajstić information content (AvgIpc) is 2.57. The average molecular weight is 209 g/mol. The number of nitrogens with one attached hydrogen (secondary N) is 1. The van der Waals surface area contributed by atoms with Crippen LogP contribution in [0.3, 0.4) is 0 Å². The number of nitrogens with zero attached hydrogens (tertiary/aromatic N) is 2. The molecule has 0 fully saturated rings. The van der Waals surface area contributed by atoms with Gasteiger partial charge in [0.15, 0.2) is 0 Å². The third-order valence-electron chi connectivity index (χ3n) is 2.39. The largest absolute Gasteiger partial charge is 0.315 e. The molecule has 0 aliphatic carbocycles. The van der Waals surface area contributed by atoms with Gasteiger partial charge in [0.1, 0.15) is 0 Å². The van der Waals surface area contributed by atoms with Crippen LogP contribution in [0.25, 0.3) is 0 Å². The monoisotopic (exact) mass is 209 g/mol. The maximum Gasteiger partial charge on any atom is 0.0593 e. The van der Waals surface area contributed by atoms with Crippen molar-refractivity contribution in [2.45, 2.75) is 52.6 Å². The molecule has 86 valence electrons. The van der Waals surface area contributed by atoms with Crippen LogP contribution in [0.5, 0.6) is 0 Å². The van der Waals surface area contributed by atoms with Gasteiger partial charge in [-0.05, 0) is 32.4 Å². The smallest absolute Gasteiger partial charge is 0.0593 e. The molecule has 15 heavy (non-hydrogen) atoms. The number of unbranched alkanes of at least 4 members (excludes halogenated alkanes) is 2. The van der Waals surface area contributed by atoms with Gasteiger partial charge in [0.2, 0.25) is 0 Å². The number of aromatic nitrogens is 2. The normalized spacial score (nSPS) is 11.2. The molecule has 0 amide bonds. The fourth-order valence-electron chi connectivity index (χ4n) is 1.55. The highest BCUT2D eigenvalue weighted by Gasteiger charge is 1.95. The summed E-state index contributed by atoms with van der Waals surface area (Å²) in [4.78, 5) is 0. The van der Waals surface area contributed by atoms with E-state index in [0.29, 0.717) is 6.04 Å². The highest BCUT2D eigenvalue weighted by atomic mass is 15.3. The molecule has 1 rings (SSSR count). The second-order valence-corrected chi connectivity index (χ2v) is 4.39. The molecule has 0 radical (unpaired) electrons. The summed E-state index contributed by atoms with van der Waals surface area (Å²) < 4.78 is 2.03. The molecule has 3 heteroatoms. The zero-order valence-electron chi connectivity index (χ0n) is 10.2. The number of hydrogen-bond acceptors (Lipinski definition) is 2. The minimum Gasteiger partial charge on any atom is -0.315 e. The molecule has 0 atom stereocenters. The number of hydrogen-bond donors (Lipinski definition) is 1. The molecule has 0 spiro atoms. The standard InChI is InChI=1S/C12H23N3/c1-11(2)13-8-5-4-6-9-15-10-7-12(3)14-15/h7,10-11,13H,4-6,8-9H2,1-3H3. The minimum atomic E-state index is 0.610. The Labute approximate surface area is 92.9 Å². The fraction of sp³-hybridized carbons (Fsp3) is 0.750. The Hall–Kier alpha value is -0.830. The van der Waals surface area contributed by atoms with Crippen LogP contribution in [0.2, 0.25) is 0 Å². The Morgan fingerprint density at radius 1 is 1.33 bits per heavy atom. The van der Waals surface area contributed by atoms with Crippen molar-refractivity contribution in [1.29, 1.82) is 0 Å². The van der Waals surface area contributed by atoms with Gasteiger partial charge < -0.3 is 5.32 Å². The zero-order chi connectivity index (χ0) is 11.1. The van der Waals surface area contributed by atoms with Gasteiger partial charge in [-0.1, -0.05) is 20.3 Å². The van der Waals surface area contributed by atoms with Gasteiger partial charge in [0, 0.05) is 18.8 Å². The molecule has 0 bridgehead atoms. The first-order valence-electron chi connectivity index (χ1n) is 5.92. The summed E-state index contributed by atoms with van der Waals surface area (Å²) in [6.07, 6.45) is 5.82. The molecule has 1 aromatic rings. The molecular weight excluding hydrogens is 186 g/mol. The molecule has 3 nitrogen and oxygen atoms in total. The lowest BCUT2D eigenvalue weighted by Crippen LogP contribution is -2.23. The lowest BCUT2D eigenvalue weighted by molar-refractivity contribution is 0.510. The van der Waals surface area contributed by atoms with Crippen molar-refractivity contribution in [2.75, 3.05) is 6.54 Å². The Kier molecular flexibility index (Phi) is 5.40. The first kappa shape index (κ1) is 12.2. The molecule has 0 aromatic carbocycles. The van der Waals surface area contributed by atoms with Crippen molar-refractivity contribution in [3.05, 3.63) is 18.0 Å². The van der Waals surface area contributed by atoms with Crippen LogP contribution < -0.4 is 5.32 Å². The first-order chi connectivity index (χ1) is 7.18. The fourth-order valence-corrected chi connectivity index (χ4v) is 1.55. The molecule has 1 N–H and O–H groups in total. The van der Waals surface area contributed by atoms with Crippen molar-refractivity contribution in [1.82, 2.24) is 15.1 Å². The molecule has 1 aromatic heterocycles. The second kappa shape index (κ2) is 6.62. The van der Waals surface area contributed by atoms with E-state index in [2.05, 4.69) is 36.5 Å². The molecule has 0 aliphatic heterocycles. The molecule has 0 aliphatic rings. The van der Waals surface area contributed by atoms with Gasteiger partial charge in [-0.3, -0.25) is 4.68 Å². The van der Waals surface area contributed by atoms with E-state index in [1.807, 2.05) is 11.6 Å². The molecule has 0 saturated carbocycles. The van der Waals surface area contributed by atoms with Crippen LogP contribution in [0, 0.1) is 6.92 Å². The van der Waals surface area contributed by atoms with Crippen LogP contribution in [-0.2, 0) is 6.54 Å². The van der Waals surface area contributed by atoms with Crippen LogP contribution in [0.15, 0.2) is 12.3 Å². The minimum absolute atomic E-state index is 0.610. The highest BCUT2D eigenvalue weighted by Crippen LogP contribution is 1.99. The van der Waals surface area contributed by atoms with Crippen LogP contribution in [0.4, 0.5) is 0 Å². The van der Waals surface area contributed by atoms with E-state index in [9.17, 15) is 0 Å². The second-order valence-electron chi connectivity index (χ2n) is 4.39. The molecule has 0 unspecified atom stereocenters. The van der Waals surface area contributed by atoms with E-state index in [1.54, 1.807) is 0 Å². The van der Waals surface area contributed by atoms with Gasteiger partial charge in [-0.15, -0.1) is 0 Å². The summed E-state index contributed by atoms with van der Waals surface area (Å²) in [5, 5.41) is 7.78. The number of rotatable bonds is 7.